The van der Waals surface area contributed by atoms with Crippen molar-refractivity contribution < 1.29 is 9.90 Å². The van der Waals surface area contributed by atoms with E-state index in [0.717, 1.165) is 12.8 Å². The van der Waals surface area contributed by atoms with E-state index < -0.39 is 5.97 Å². The molecule has 0 radical (unpaired) electrons. The van der Waals surface area contributed by atoms with E-state index in [4.69, 9.17) is 5.11 Å². The van der Waals surface area contributed by atoms with Crippen molar-refractivity contribution in [2.75, 3.05) is 0 Å². The highest BCUT2D eigenvalue weighted by Crippen LogP contribution is 2.40. The average molecular weight is 155 g/mol. The van der Waals surface area contributed by atoms with Crippen LogP contribution in [0.15, 0.2) is 0 Å². The molecule has 3 heteroatoms. The van der Waals surface area contributed by atoms with E-state index in [0.29, 0.717) is 0 Å². The van der Waals surface area contributed by atoms with E-state index >= 15 is 0 Å². The van der Waals surface area contributed by atoms with Crippen molar-refractivity contribution in [3.63, 3.8) is 0 Å². The molecule has 2 N–H and O–H groups in total. The van der Waals surface area contributed by atoms with Crippen molar-refractivity contribution in [2.24, 2.45) is 0 Å². The van der Waals surface area contributed by atoms with Crippen molar-refractivity contribution in [1.29, 1.82) is 0 Å². The number of rotatable bonds is 1. The van der Waals surface area contributed by atoms with Crippen LogP contribution < -0.4 is 5.32 Å². The second-order valence-electron chi connectivity index (χ2n) is 3.71. The summed E-state index contributed by atoms with van der Waals surface area (Å²) in [5, 5.41) is 11.9. The third-order valence-electron chi connectivity index (χ3n) is 3.00. The molecule has 0 unspecified atom stereocenters. The number of nitrogens with one attached hydrogen (secondary N) is 1. The van der Waals surface area contributed by atoms with E-state index in [1.165, 1.54) is 19.3 Å². The van der Waals surface area contributed by atoms with Gasteiger partial charge in [-0.25, -0.2) is 0 Å². The summed E-state index contributed by atoms with van der Waals surface area (Å²) < 4.78 is 0. The molecule has 1 saturated carbocycles. The number of aliphatic carboxylic acids is 1. The van der Waals surface area contributed by atoms with E-state index in [1.807, 2.05) is 0 Å². The second-order valence-corrected chi connectivity index (χ2v) is 3.71. The minimum absolute atomic E-state index is 0.239. The third-order valence-corrected chi connectivity index (χ3v) is 3.00. The lowest BCUT2D eigenvalue weighted by Crippen LogP contribution is -2.50. The van der Waals surface area contributed by atoms with Crippen LogP contribution in [0.5, 0.6) is 0 Å². The lowest BCUT2D eigenvalue weighted by atomic mass is 9.76. The lowest BCUT2D eigenvalue weighted by molar-refractivity contribution is -0.139. The second kappa shape index (κ2) is 2.21. The van der Waals surface area contributed by atoms with Gasteiger partial charge in [-0.05, 0) is 32.1 Å². The minimum atomic E-state index is -0.686. The molecule has 0 aromatic carbocycles. The Hall–Kier alpha value is -0.570. The first-order chi connectivity index (χ1) is 5.22. The zero-order valence-electron chi connectivity index (χ0n) is 6.47. The fraction of sp³-hybridized carbons (Fsp3) is 0.875. The molecule has 1 aliphatic carbocycles. The summed E-state index contributed by atoms with van der Waals surface area (Å²) in [4.78, 5) is 10.6. The fourth-order valence-corrected chi connectivity index (χ4v) is 2.12. The first-order valence-corrected chi connectivity index (χ1v) is 4.22. The summed E-state index contributed by atoms with van der Waals surface area (Å²) in [5.41, 5.74) is 0.239. The Balaban J connectivity index is 1.98. The van der Waals surface area contributed by atoms with Crippen molar-refractivity contribution in [1.82, 2.24) is 5.32 Å². The van der Waals surface area contributed by atoms with Crippen LogP contribution in [0.2, 0.25) is 0 Å². The van der Waals surface area contributed by atoms with Crippen LogP contribution in [0.4, 0.5) is 0 Å². The number of hydrogen-bond acceptors (Lipinski definition) is 2. The van der Waals surface area contributed by atoms with E-state index in [9.17, 15) is 4.79 Å². The Labute approximate surface area is 65.8 Å². The van der Waals surface area contributed by atoms with Gasteiger partial charge in [-0.2, -0.15) is 0 Å². The minimum Gasteiger partial charge on any atom is -0.480 e. The van der Waals surface area contributed by atoms with Gasteiger partial charge in [0.1, 0.15) is 6.04 Å². The molecule has 2 rings (SSSR count). The van der Waals surface area contributed by atoms with Crippen LogP contribution in [0.25, 0.3) is 0 Å². The maximum absolute atomic E-state index is 10.6. The number of carboxylic acids is 1. The molecule has 2 aliphatic rings. The van der Waals surface area contributed by atoms with Crippen LogP contribution in [0, 0.1) is 0 Å². The first kappa shape index (κ1) is 7.10. The zero-order valence-corrected chi connectivity index (χ0v) is 6.47. The van der Waals surface area contributed by atoms with Crippen LogP contribution in [-0.2, 0) is 4.79 Å². The highest BCUT2D eigenvalue weighted by Gasteiger charge is 2.44. The van der Waals surface area contributed by atoms with Gasteiger partial charge >= 0.3 is 5.97 Å². The standard InChI is InChI=1S/C8H13NO2/c10-7(11)6-2-5-8(9-6)3-1-4-8/h6,9H,1-5H2,(H,10,11)/t6-/m1/s1. The Morgan fingerprint density at radius 2 is 2.18 bits per heavy atom. The molecule has 3 nitrogen and oxygen atoms in total. The summed E-state index contributed by atoms with van der Waals surface area (Å²) in [7, 11) is 0. The van der Waals surface area contributed by atoms with Crippen molar-refractivity contribution >= 4 is 5.97 Å². The monoisotopic (exact) mass is 155 g/mol. The smallest absolute Gasteiger partial charge is 0.320 e. The van der Waals surface area contributed by atoms with Crippen molar-refractivity contribution in [3.8, 4) is 0 Å². The molecule has 1 spiro atoms. The largest absolute Gasteiger partial charge is 0.480 e. The van der Waals surface area contributed by atoms with Crippen molar-refractivity contribution in [2.45, 2.75) is 43.7 Å². The molecule has 0 amide bonds. The predicted octanol–water partition coefficient (Wildman–Crippen LogP) is 0.746. The molecule has 11 heavy (non-hydrogen) atoms. The average Bonchev–Trinajstić information content (AvgIpc) is 2.28. The summed E-state index contributed by atoms with van der Waals surface area (Å²) in [6.45, 7) is 0. The van der Waals surface area contributed by atoms with Crippen LogP contribution in [-0.4, -0.2) is 22.7 Å². The molecule has 62 valence electrons. The molecule has 1 atom stereocenters. The van der Waals surface area contributed by atoms with Crippen LogP contribution >= 0.6 is 0 Å². The van der Waals surface area contributed by atoms with E-state index in [2.05, 4.69) is 5.32 Å². The van der Waals surface area contributed by atoms with Gasteiger partial charge in [0.05, 0.1) is 0 Å². The molecule has 2 fully saturated rings. The Bertz CT molecular complexity index is 187. The number of carbonyl (C=O) groups is 1. The highest BCUT2D eigenvalue weighted by atomic mass is 16.4. The summed E-state index contributed by atoms with van der Waals surface area (Å²) in [5.74, 6) is -0.686. The molecule has 1 saturated heterocycles. The summed E-state index contributed by atoms with van der Waals surface area (Å²) >= 11 is 0. The topological polar surface area (TPSA) is 49.3 Å². The van der Waals surface area contributed by atoms with E-state index in [-0.39, 0.29) is 11.6 Å². The number of hydrogen-bond donors (Lipinski definition) is 2. The molecule has 0 aromatic heterocycles. The Kier molecular flexibility index (Phi) is 1.42. The number of carboxylic acid groups (broad SMARTS) is 1. The van der Waals surface area contributed by atoms with Gasteiger partial charge in [0.25, 0.3) is 0 Å². The van der Waals surface area contributed by atoms with Gasteiger partial charge in [-0.3, -0.25) is 10.1 Å². The molecule has 1 aliphatic heterocycles. The SMILES string of the molecule is O=C(O)[C@H]1CCC2(CCC2)N1. The highest BCUT2D eigenvalue weighted by molar-refractivity contribution is 5.74. The maximum Gasteiger partial charge on any atom is 0.320 e. The maximum atomic E-state index is 10.6. The van der Waals surface area contributed by atoms with Crippen molar-refractivity contribution in [3.05, 3.63) is 0 Å². The fourth-order valence-electron chi connectivity index (χ4n) is 2.12. The van der Waals surface area contributed by atoms with Gasteiger partial charge in [0.15, 0.2) is 0 Å². The molecule has 1 heterocycles. The Morgan fingerprint density at radius 3 is 2.45 bits per heavy atom. The first-order valence-electron chi connectivity index (χ1n) is 4.22. The zero-order chi connectivity index (χ0) is 7.90. The van der Waals surface area contributed by atoms with E-state index in [1.54, 1.807) is 0 Å². The Morgan fingerprint density at radius 1 is 1.45 bits per heavy atom. The van der Waals surface area contributed by atoms with Gasteiger partial charge in [0.2, 0.25) is 0 Å². The quantitative estimate of drug-likeness (QED) is 0.587. The normalized spacial score (nSPS) is 33.6. The molecule has 0 aromatic rings. The third kappa shape index (κ3) is 1.03. The van der Waals surface area contributed by atoms with Crippen LogP contribution in [0.1, 0.15) is 32.1 Å². The van der Waals surface area contributed by atoms with Gasteiger partial charge in [-0.1, -0.05) is 0 Å². The summed E-state index contributed by atoms with van der Waals surface area (Å²) in [6, 6.07) is -0.268. The van der Waals surface area contributed by atoms with Gasteiger partial charge in [0, 0.05) is 5.54 Å². The lowest BCUT2D eigenvalue weighted by Gasteiger charge is -2.38. The predicted molar refractivity (Wildman–Crippen MR) is 40.4 cm³/mol. The summed E-state index contributed by atoms with van der Waals surface area (Å²) in [6.07, 6.45) is 5.49. The molecular weight excluding hydrogens is 142 g/mol. The van der Waals surface area contributed by atoms with Gasteiger partial charge < -0.3 is 5.11 Å². The molecular formula is C8H13NO2. The van der Waals surface area contributed by atoms with Crippen LogP contribution in [0.3, 0.4) is 0 Å². The molecule has 0 bridgehead atoms. The van der Waals surface area contributed by atoms with Gasteiger partial charge in [-0.15, -0.1) is 0 Å².